The first-order valence-corrected chi connectivity index (χ1v) is 5.70. The highest BCUT2D eigenvalue weighted by Gasteiger charge is 2.19. The van der Waals surface area contributed by atoms with Gasteiger partial charge >= 0.3 is 5.97 Å². The van der Waals surface area contributed by atoms with Gasteiger partial charge in [-0.3, -0.25) is 0 Å². The first-order chi connectivity index (χ1) is 7.97. The van der Waals surface area contributed by atoms with Crippen LogP contribution in [0.5, 0.6) is 0 Å². The number of thiol groups is 1. The Labute approximate surface area is 104 Å². The predicted molar refractivity (Wildman–Crippen MR) is 67.3 cm³/mol. The molecule has 1 rings (SSSR count). The lowest BCUT2D eigenvalue weighted by Gasteiger charge is -2.18. The Kier molecular flexibility index (Phi) is 4.80. The molecule has 1 aromatic rings. The molecule has 1 aromatic carbocycles. The number of carbonyl (C=O) groups is 1. The van der Waals surface area contributed by atoms with Crippen molar-refractivity contribution in [2.24, 2.45) is 0 Å². The summed E-state index contributed by atoms with van der Waals surface area (Å²) in [4.78, 5) is 10.9. The fourth-order valence-electron chi connectivity index (χ4n) is 1.46. The summed E-state index contributed by atoms with van der Waals surface area (Å²) in [5, 5.41) is 28.3. The van der Waals surface area contributed by atoms with Crippen molar-refractivity contribution in [3.8, 4) is 0 Å². The Morgan fingerprint density at radius 2 is 2.06 bits per heavy atom. The normalized spacial score (nSPS) is 14.3. The second-order valence-corrected chi connectivity index (χ2v) is 4.12. The molecule has 0 fully saturated rings. The van der Waals surface area contributed by atoms with Gasteiger partial charge in [0.2, 0.25) is 0 Å². The SMILES string of the molecule is Nc1ccc(C(O)C(O)CCS)cc1C(=O)O. The average Bonchev–Trinajstić information content (AvgIpc) is 2.28. The van der Waals surface area contributed by atoms with Crippen LogP contribution in [0, 0.1) is 0 Å². The number of nitrogens with two attached hydrogens (primary N) is 1. The van der Waals surface area contributed by atoms with Crippen LogP contribution in [0.2, 0.25) is 0 Å². The zero-order valence-corrected chi connectivity index (χ0v) is 9.97. The molecule has 6 heteroatoms. The summed E-state index contributed by atoms with van der Waals surface area (Å²) in [6.45, 7) is 0. The highest BCUT2D eigenvalue weighted by Crippen LogP contribution is 2.23. The molecule has 5 N–H and O–H groups in total. The standard InChI is InChI=1S/C11H15NO4S/c12-8-2-1-6(5-7(8)11(15)16)10(14)9(13)3-4-17/h1-2,5,9-10,13-14,17H,3-4,12H2,(H,15,16). The Hall–Kier alpha value is -1.24. The quantitative estimate of drug-likeness (QED) is 0.394. The van der Waals surface area contributed by atoms with Crippen molar-refractivity contribution in [1.29, 1.82) is 0 Å². The molecule has 0 aliphatic heterocycles. The van der Waals surface area contributed by atoms with Crippen LogP contribution in [0.1, 0.15) is 28.4 Å². The third-order valence-electron chi connectivity index (χ3n) is 2.44. The lowest BCUT2D eigenvalue weighted by atomic mass is 9.99. The van der Waals surface area contributed by atoms with E-state index < -0.39 is 18.2 Å². The Morgan fingerprint density at radius 1 is 1.41 bits per heavy atom. The maximum Gasteiger partial charge on any atom is 0.337 e. The molecule has 94 valence electrons. The zero-order chi connectivity index (χ0) is 13.0. The molecule has 0 heterocycles. The van der Waals surface area contributed by atoms with E-state index in [-0.39, 0.29) is 11.3 Å². The number of aromatic carboxylic acids is 1. The molecule has 0 spiro atoms. The fraction of sp³-hybridized carbons (Fsp3) is 0.364. The zero-order valence-electron chi connectivity index (χ0n) is 9.08. The van der Waals surface area contributed by atoms with Crippen LogP contribution in [-0.2, 0) is 0 Å². The Bertz CT molecular complexity index is 410. The van der Waals surface area contributed by atoms with E-state index in [0.717, 1.165) is 0 Å². The van der Waals surface area contributed by atoms with Crippen LogP contribution in [0.15, 0.2) is 18.2 Å². The highest BCUT2D eigenvalue weighted by atomic mass is 32.1. The van der Waals surface area contributed by atoms with E-state index in [1.165, 1.54) is 18.2 Å². The molecule has 0 bridgehead atoms. The first kappa shape index (κ1) is 13.8. The van der Waals surface area contributed by atoms with Crippen molar-refractivity contribution in [3.05, 3.63) is 29.3 Å². The summed E-state index contributed by atoms with van der Waals surface area (Å²) in [6, 6.07) is 4.16. The number of hydrogen-bond acceptors (Lipinski definition) is 5. The minimum Gasteiger partial charge on any atom is -0.478 e. The molecule has 0 amide bonds. The molecule has 0 saturated heterocycles. The molecule has 0 aliphatic carbocycles. The van der Waals surface area contributed by atoms with Crippen molar-refractivity contribution < 1.29 is 20.1 Å². The molecule has 2 unspecified atom stereocenters. The third kappa shape index (κ3) is 3.36. The molecular weight excluding hydrogens is 242 g/mol. The molecule has 2 atom stereocenters. The summed E-state index contributed by atoms with van der Waals surface area (Å²) in [7, 11) is 0. The summed E-state index contributed by atoms with van der Waals surface area (Å²) < 4.78 is 0. The summed E-state index contributed by atoms with van der Waals surface area (Å²) in [5.74, 6) is -0.737. The Morgan fingerprint density at radius 3 is 2.59 bits per heavy atom. The molecule has 0 radical (unpaired) electrons. The highest BCUT2D eigenvalue weighted by molar-refractivity contribution is 7.80. The summed E-state index contributed by atoms with van der Waals surface area (Å²) in [6.07, 6.45) is -1.80. The van der Waals surface area contributed by atoms with Crippen LogP contribution >= 0.6 is 12.6 Å². The van der Waals surface area contributed by atoms with Gasteiger partial charge < -0.3 is 21.1 Å². The summed E-state index contributed by atoms with van der Waals surface area (Å²) >= 11 is 3.95. The molecule has 0 aliphatic rings. The van der Waals surface area contributed by atoms with Gasteiger partial charge in [0.05, 0.1) is 11.7 Å². The van der Waals surface area contributed by atoms with Gasteiger partial charge in [-0.05, 0) is 29.9 Å². The number of anilines is 1. The number of nitrogen functional groups attached to an aromatic ring is 1. The minimum absolute atomic E-state index is 0.0837. The summed E-state index contributed by atoms with van der Waals surface area (Å²) in [5.41, 5.74) is 5.85. The van der Waals surface area contributed by atoms with Crippen LogP contribution in [0.3, 0.4) is 0 Å². The largest absolute Gasteiger partial charge is 0.478 e. The van der Waals surface area contributed by atoms with Crippen molar-refractivity contribution in [2.75, 3.05) is 11.5 Å². The van der Waals surface area contributed by atoms with Crippen molar-refractivity contribution in [2.45, 2.75) is 18.6 Å². The molecular formula is C11H15NO4S. The van der Waals surface area contributed by atoms with Gasteiger partial charge in [0, 0.05) is 5.69 Å². The van der Waals surface area contributed by atoms with Crippen molar-refractivity contribution >= 4 is 24.3 Å². The monoisotopic (exact) mass is 257 g/mol. The lowest BCUT2D eigenvalue weighted by Crippen LogP contribution is -2.19. The second-order valence-electron chi connectivity index (χ2n) is 3.68. The maximum atomic E-state index is 10.9. The van der Waals surface area contributed by atoms with Gasteiger partial charge in [0.15, 0.2) is 0 Å². The van der Waals surface area contributed by atoms with Gasteiger partial charge in [0.25, 0.3) is 0 Å². The second kappa shape index (κ2) is 5.90. The van der Waals surface area contributed by atoms with E-state index in [1.54, 1.807) is 0 Å². The van der Waals surface area contributed by atoms with Crippen molar-refractivity contribution in [3.63, 3.8) is 0 Å². The van der Waals surface area contributed by atoms with Gasteiger partial charge in [-0.1, -0.05) is 6.07 Å². The topological polar surface area (TPSA) is 104 Å². The van der Waals surface area contributed by atoms with Crippen LogP contribution in [-0.4, -0.2) is 33.1 Å². The maximum absolute atomic E-state index is 10.9. The number of benzene rings is 1. The van der Waals surface area contributed by atoms with Crippen molar-refractivity contribution in [1.82, 2.24) is 0 Å². The fourth-order valence-corrected chi connectivity index (χ4v) is 1.72. The molecule has 5 nitrogen and oxygen atoms in total. The van der Waals surface area contributed by atoms with Gasteiger partial charge in [0.1, 0.15) is 6.10 Å². The van der Waals surface area contributed by atoms with E-state index in [9.17, 15) is 15.0 Å². The number of rotatable bonds is 5. The number of hydrogen-bond donors (Lipinski definition) is 5. The number of carboxylic acid groups (broad SMARTS) is 1. The molecule has 0 aromatic heterocycles. The minimum atomic E-state index is -1.17. The third-order valence-corrected chi connectivity index (χ3v) is 2.70. The van der Waals surface area contributed by atoms with E-state index in [2.05, 4.69) is 12.6 Å². The molecule has 17 heavy (non-hydrogen) atoms. The number of carboxylic acids is 1. The number of aliphatic hydroxyl groups is 2. The lowest BCUT2D eigenvalue weighted by molar-refractivity contribution is 0.0172. The first-order valence-electron chi connectivity index (χ1n) is 5.07. The number of aliphatic hydroxyl groups excluding tert-OH is 2. The predicted octanol–water partition coefficient (Wildman–Crippen LogP) is 0.681. The van der Waals surface area contributed by atoms with Gasteiger partial charge in [-0.15, -0.1) is 0 Å². The van der Waals surface area contributed by atoms with Gasteiger partial charge in [-0.25, -0.2) is 4.79 Å². The van der Waals surface area contributed by atoms with Gasteiger partial charge in [-0.2, -0.15) is 12.6 Å². The van der Waals surface area contributed by atoms with Crippen LogP contribution in [0.4, 0.5) is 5.69 Å². The van der Waals surface area contributed by atoms with E-state index in [0.29, 0.717) is 17.7 Å². The molecule has 0 saturated carbocycles. The smallest absolute Gasteiger partial charge is 0.337 e. The Balaban J connectivity index is 2.99. The van der Waals surface area contributed by atoms with E-state index in [1.807, 2.05) is 0 Å². The average molecular weight is 257 g/mol. The van der Waals surface area contributed by atoms with E-state index >= 15 is 0 Å². The van der Waals surface area contributed by atoms with Crippen LogP contribution < -0.4 is 5.73 Å². The van der Waals surface area contributed by atoms with E-state index in [4.69, 9.17) is 10.8 Å². The van der Waals surface area contributed by atoms with Crippen LogP contribution in [0.25, 0.3) is 0 Å².